The Labute approximate surface area is 350 Å². The second-order valence-electron chi connectivity index (χ2n) is 13.9. The van der Waals surface area contributed by atoms with Gasteiger partial charge in [0.1, 0.15) is 36.2 Å². The van der Waals surface area contributed by atoms with E-state index in [1.807, 2.05) is 6.07 Å². The number of anilines is 2. The molecule has 61 heavy (non-hydrogen) atoms. The first kappa shape index (κ1) is 44.0. The van der Waals surface area contributed by atoms with Crippen molar-refractivity contribution < 1.29 is 56.1 Å². The largest absolute Gasteiger partial charge is 0.695 e. The monoisotopic (exact) mass is 903 g/mol. The molecule has 2 saturated heterocycles. The van der Waals surface area contributed by atoms with Crippen LogP contribution in [-0.4, -0.2) is 106 Å². The van der Waals surface area contributed by atoms with Crippen LogP contribution in [0, 0.1) is 17.2 Å². The molecule has 0 spiro atoms. The lowest BCUT2D eigenvalue weighted by atomic mass is 10.1. The second kappa shape index (κ2) is 18.9. The summed E-state index contributed by atoms with van der Waals surface area (Å²) < 4.78 is 66.0. The fraction of sp³-hybridized carbons (Fsp3) is 0.429. The average molecular weight is 904 g/mol. The fourth-order valence-corrected chi connectivity index (χ4v) is 9.11. The van der Waals surface area contributed by atoms with Gasteiger partial charge in [0, 0.05) is 28.7 Å². The Hall–Kier alpha value is -5.02. The molecular weight excluding hydrogens is 865 g/mol. The quantitative estimate of drug-likeness (QED) is 0.0659. The number of nitriles is 1. The molecule has 4 aromatic heterocycles. The van der Waals surface area contributed by atoms with Crippen molar-refractivity contribution >= 4 is 72.6 Å². The lowest BCUT2D eigenvalue weighted by Crippen LogP contribution is -2.32. The van der Waals surface area contributed by atoms with Gasteiger partial charge in [0.15, 0.2) is 29.7 Å². The number of carbonyl (C=O) groups is 2. The number of aliphatic hydroxyl groups is 1. The number of hydrogen-bond donors (Lipinski definition) is 5. The van der Waals surface area contributed by atoms with Gasteiger partial charge < -0.3 is 38.0 Å². The molecule has 5 N–H and O–H groups in total. The number of H-pyrrole nitrogens is 1. The molecule has 7 rings (SSSR count). The van der Waals surface area contributed by atoms with Crippen LogP contribution in [-0.2, 0) is 48.7 Å². The minimum atomic E-state index is -3.94. The van der Waals surface area contributed by atoms with Crippen molar-refractivity contribution in [3.05, 3.63) is 71.2 Å². The summed E-state index contributed by atoms with van der Waals surface area (Å²) in [7, 11) is -3.39. The molecule has 0 aliphatic carbocycles. The van der Waals surface area contributed by atoms with Crippen molar-refractivity contribution in [3.8, 4) is 6.07 Å². The lowest BCUT2D eigenvalue weighted by Gasteiger charge is -2.27. The zero-order chi connectivity index (χ0) is 43.4. The average Bonchev–Trinajstić information content (AvgIpc) is 4.02. The highest BCUT2D eigenvalue weighted by Crippen LogP contribution is 2.54. The van der Waals surface area contributed by atoms with E-state index in [2.05, 4.69) is 35.6 Å². The topological polar surface area (TPSA) is 289 Å². The molecule has 2 aliphatic heterocycles. The van der Waals surface area contributed by atoms with Crippen LogP contribution in [0.4, 0.5) is 16.2 Å². The van der Waals surface area contributed by atoms with Gasteiger partial charge in [-0.15, -0.1) is 9.42 Å². The van der Waals surface area contributed by atoms with E-state index in [0.717, 1.165) is 10.9 Å². The zero-order valence-electron chi connectivity index (χ0n) is 32.1. The Morgan fingerprint density at radius 1 is 1.13 bits per heavy atom. The summed E-state index contributed by atoms with van der Waals surface area (Å²) in [5.74, 6) is -1.29. The number of imidazole rings is 1. The van der Waals surface area contributed by atoms with E-state index in [4.69, 9.17) is 39.4 Å². The number of carbonyl (C=O) groups excluding carboxylic acids is 2. The maximum Gasteiger partial charge on any atom is 0.695 e. The number of alkyl halides is 1. The molecular formula is C35H38FN10O12P2S+. The molecule has 2 aliphatic rings. The standard InChI is InChI=1S/C35H37FN10O12P2S/c1-18(2)31(48)43-35-42-30-26(33(50)44-35)40-17-46(30)34-27(57-59(51)52)25(36)23(56-34)15-54-60(61,53-12-6-10-37)58-21-13-24(55-22(21)14-47)45-11-9-20-28(38-16-39-29(20)45)41-32(49)19-7-4-3-5-8-19/h3-5,7-9,11,16-18,21-25,27,34,47H,6,12-15H2,1-2H3,(H3-,38,39,41,42,43,44,48,49,50,51,52)/p+1/t21-,22+,23+,24+,25+,27+,34+,60?/m0/s1. The summed E-state index contributed by atoms with van der Waals surface area (Å²) in [6.07, 6.45) is -5.79. The Bertz CT molecular complexity index is 2580. The van der Waals surface area contributed by atoms with Crippen molar-refractivity contribution in [2.45, 2.75) is 69.7 Å². The third kappa shape index (κ3) is 9.72. The van der Waals surface area contributed by atoms with Gasteiger partial charge in [-0.05, 0) is 30.0 Å². The number of halogens is 1. The van der Waals surface area contributed by atoms with Crippen molar-refractivity contribution in [1.82, 2.24) is 34.1 Å². The first-order chi connectivity index (χ1) is 29.3. The van der Waals surface area contributed by atoms with Crippen molar-refractivity contribution in [2.75, 3.05) is 30.5 Å². The van der Waals surface area contributed by atoms with Crippen LogP contribution in [0.2, 0.25) is 0 Å². The number of amides is 2. The number of benzene rings is 1. The van der Waals surface area contributed by atoms with E-state index in [-0.39, 0.29) is 48.3 Å². The van der Waals surface area contributed by atoms with Crippen molar-refractivity contribution in [3.63, 3.8) is 0 Å². The van der Waals surface area contributed by atoms with E-state index >= 15 is 4.39 Å². The summed E-state index contributed by atoms with van der Waals surface area (Å²) in [4.78, 5) is 67.0. The maximum atomic E-state index is 16.2. The first-order valence-electron chi connectivity index (χ1n) is 18.6. The Morgan fingerprint density at radius 3 is 2.64 bits per heavy atom. The van der Waals surface area contributed by atoms with Gasteiger partial charge in [0.25, 0.3) is 11.5 Å². The molecule has 9 atom stereocenters. The Balaban J connectivity index is 1.09. The molecule has 5 aromatic rings. The molecule has 22 nitrogen and oxygen atoms in total. The predicted octanol–water partition coefficient (Wildman–Crippen LogP) is 3.52. The Morgan fingerprint density at radius 2 is 1.92 bits per heavy atom. The predicted molar refractivity (Wildman–Crippen MR) is 214 cm³/mol. The summed E-state index contributed by atoms with van der Waals surface area (Å²) in [5, 5.41) is 25.3. The van der Waals surface area contributed by atoms with Crippen LogP contribution < -0.4 is 16.2 Å². The summed E-state index contributed by atoms with van der Waals surface area (Å²) >= 11 is 5.73. The molecule has 0 bridgehead atoms. The van der Waals surface area contributed by atoms with E-state index in [0.29, 0.717) is 16.6 Å². The SMILES string of the molecule is CC(C)C(=O)Nc1nc2c(ncn2[C@@H]2O[C@H](COP(=S)(OCCC#N)O[C@H]3C[C@H](n4ccc5c(NC(=O)c6ccccc6)ncnc54)O[C@@H]3CO)[C@@H](F)[C@H]2O[P+](=O)O)c(=O)[nH]1. The highest BCUT2D eigenvalue weighted by atomic mass is 32.5. The number of aromatic amines is 1. The molecule has 2 unspecified atom stereocenters. The third-order valence-electron chi connectivity index (χ3n) is 9.52. The molecule has 322 valence electrons. The van der Waals surface area contributed by atoms with Gasteiger partial charge in [0.05, 0.1) is 50.1 Å². The van der Waals surface area contributed by atoms with E-state index in [1.54, 1.807) is 61.0 Å². The number of aliphatic hydroxyl groups excluding tert-OH is 1. The number of hydrogen-bond acceptors (Lipinski definition) is 17. The molecule has 0 saturated carbocycles. The van der Waals surface area contributed by atoms with Crippen LogP contribution in [0.15, 0.2) is 60.0 Å². The second-order valence-corrected chi connectivity index (χ2v) is 17.5. The number of nitrogens with zero attached hydrogens (tertiary/aromatic N) is 7. The number of nitrogens with one attached hydrogen (secondary N) is 3. The van der Waals surface area contributed by atoms with Crippen LogP contribution in [0.5, 0.6) is 0 Å². The number of rotatable bonds is 17. The van der Waals surface area contributed by atoms with Gasteiger partial charge in [-0.3, -0.25) is 29.3 Å². The first-order valence-corrected chi connectivity index (χ1v) is 22.3. The van der Waals surface area contributed by atoms with Crippen LogP contribution in [0.3, 0.4) is 0 Å². The van der Waals surface area contributed by atoms with Gasteiger partial charge >= 0.3 is 15.0 Å². The highest BCUT2D eigenvalue weighted by Gasteiger charge is 2.53. The van der Waals surface area contributed by atoms with Gasteiger partial charge in [-0.25, -0.2) is 19.3 Å². The number of aromatic nitrogens is 7. The van der Waals surface area contributed by atoms with Crippen molar-refractivity contribution in [2.24, 2.45) is 5.92 Å². The lowest BCUT2D eigenvalue weighted by molar-refractivity contribution is -0.118. The summed E-state index contributed by atoms with van der Waals surface area (Å²) in [6.45, 7) is -2.13. The van der Waals surface area contributed by atoms with Crippen LogP contribution >= 0.6 is 15.0 Å². The normalized spacial score (nSPS) is 23.9. The molecule has 1 aromatic carbocycles. The minimum absolute atomic E-state index is 0.0702. The fourth-order valence-electron chi connectivity index (χ4n) is 6.55. The smallest absolute Gasteiger partial charge is 0.394 e. The van der Waals surface area contributed by atoms with E-state index < -0.39 is 88.6 Å². The molecule has 2 fully saturated rings. The number of fused-ring (bicyclic) bond motifs is 2. The third-order valence-corrected chi connectivity index (χ3v) is 12.3. The zero-order valence-corrected chi connectivity index (χ0v) is 34.7. The van der Waals surface area contributed by atoms with Gasteiger partial charge in [0.2, 0.25) is 11.9 Å². The molecule has 2 amide bonds. The molecule has 6 heterocycles. The minimum Gasteiger partial charge on any atom is -0.394 e. The van der Waals surface area contributed by atoms with Gasteiger partial charge in [-0.2, -0.15) is 10.2 Å². The molecule has 26 heteroatoms. The maximum absolute atomic E-state index is 16.2. The van der Waals surface area contributed by atoms with Gasteiger partial charge in [-0.1, -0.05) is 32.0 Å². The number of ether oxygens (including phenoxy) is 2. The Kier molecular flexibility index (Phi) is 13.7. The summed E-state index contributed by atoms with van der Waals surface area (Å²) in [5.41, 5.74) is -0.306. The van der Waals surface area contributed by atoms with Crippen LogP contribution in [0.1, 0.15) is 49.5 Å². The van der Waals surface area contributed by atoms with E-state index in [1.165, 1.54) is 6.33 Å². The summed E-state index contributed by atoms with van der Waals surface area (Å²) in [6, 6.07) is 12.2. The van der Waals surface area contributed by atoms with Crippen molar-refractivity contribution in [1.29, 1.82) is 5.26 Å². The van der Waals surface area contributed by atoms with Crippen LogP contribution in [0.25, 0.3) is 22.2 Å². The van der Waals surface area contributed by atoms with E-state index in [9.17, 15) is 34.2 Å². The highest BCUT2D eigenvalue weighted by molar-refractivity contribution is 8.07. The molecule has 0 radical (unpaired) electrons.